The van der Waals surface area contributed by atoms with Crippen LogP contribution in [0.15, 0.2) is 0 Å². The van der Waals surface area contributed by atoms with Gasteiger partial charge in [0.15, 0.2) is 0 Å². The van der Waals surface area contributed by atoms with Crippen LogP contribution in [0.25, 0.3) is 0 Å². The van der Waals surface area contributed by atoms with Crippen molar-refractivity contribution >= 4 is 17.0 Å². The van der Waals surface area contributed by atoms with Crippen molar-refractivity contribution in [1.29, 1.82) is 5.26 Å². The molecule has 1 N–H and O–H groups in total. The minimum absolute atomic E-state index is 1.36. The summed E-state index contributed by atoms with van der Waals surface area (Å²) < 4.78 is 0. The van der Waals surface area contributed by atoms with E-state index in [1.165, 1.54) is 6.92 Å². The minimum atomic E-state index is -1.36. The average molecular weight is 122 g/mol. The molecular weight excluding hydrogens is 117 g/mol. The van der Waals surface area contributed by atoms with Gasteiger partial charge in [-0.3, -0.25) is 0 Å². The molecule has 0 saturated carbocycles. The molecule has 0 amide bonds. The van der Waals surface area contributed by atoms with E-state index in [0.717, 1.165) is 0 Å². The Labute approximate surface area is 46.1 Å². The lowest BCUT2D eigenvalue weighted by atomic mass is 11.0. The zero-order valence-electron chi connectivity index (χ0n) is 3.68. The van der Waals surface area contributed by atoms with Gasteiger partial charge in [-0.1, -0.05) is 0 Å². The lowest BCUT2D eigenvalue weighted by Crippen LogP contribution is -1.66. The summed E-state index contributed by atoms with van der Waals surface area (Å²) in [5, 5.41) is 14.5. The quantitative estimate of drug-likeness (QED) is 0.493. The highest BCUT2D eigenvalue weighted by atomic mass is 35.5. The molecule has 3 nitrogen and oxygen atoms in total. The van der Waals surface area contributed by atoms with Crippen LogP contribution < -0.4 is 0 Å². The topological polar surface area (TPSA) is 61.1 Å². The average Bonchev–Trinajstić information content (AvgIpc) is 1.33. The Balaban J connectivity index is 0. The molecule has 0 aromatic carbocycles. The fraction of sp³-hybridized carbons (Fsp3) is 0.333. The number of hydrogen-bond acceptors (Lipinski definition) is 2. The molecule has 0 heterocycles. The number of rotatable bonds is 0. The highest BCUT2D eigenvalue weighted by Crippen LogP contribution is 1.67. The molecule has 0 aliphatic rings. The van der Waals surface area contributed by atoms with E-state index in [9.17, 15) is 0 Å². The van der Waals surface area contributed by atoms with Gasteiger partial charge in [-0.05, 0) is 0 Å². The molecular formula is C3H4ClNO2. The summed E-state index contributed by atoms with van der Waals surface area (Å²) in [6, 6.07) is 1.75. The summed E-state index contributed by atoms with van der Waals surface area (Å²) >= 11 is 4.19. The third-order valence-electron chi connectivity index (χ3n) is 0. The molecule has 4 heteroatoms. The SMILES string of the molecule is CC#N.O=C(O)Cl. The van der Waals surface area contributed by atoms with E-state index in [-0.39, 0.29) is 0 Å². The molecule has 0 aromatic heterocycles. The van der Waals surface area contributed by atoms with Crippen molar-refractivity contribution in [3.63, 3.8) is 0 Å². The summed E-state index contributed by atoms with van der Waals surface area (Å²) in [5.74, 6) is 0. The lowest BCUT2D eigenvalue weighted by Gasteiger charge is -1.55. The van der Waals surface area contributed by atoms with Gasteiger partial charge in [0.05, 0.1) is 6.07 Å². The summed E-state index contributed by atoms with van der Waals surface area (Å²) in [6.45, 7) is 1.43. The smallest absolute Gasteiger partial charge is 0.401 e. The Morgan fingerprint density at radius 2 is 2.00 bits per heavy atom. The van der Waals surface area contributed by atoms with E-state index in [1.54, 1.807) is 6.07 Å². The Morgan fingerprint density at radius 3 is 2.00 bits per heavy atom. The Hall–Kier alpha value is -0.750. The third kappa shape index (κ3) is 98.6. The van der Waals surface area contributed by atoms with Crippen LogP contribution in [0, 0.1) is 11.3 Å². The van der Waals surface area contributed by atoms with Gasteiger partial charge in [-0.25, -0.2) is 4.79 Å². The molecule has 7 heavy (non-hydrogen) atoms. The third-order valence-corrected chi connectivity index (χ3v) is 0. The maximum atomic E-state index is 8.77. The van der Waals surface area contributed by atoms with Crippen molar-refractivity contribution in [2.75, 3.05) is 0 Å². The number of halogens is 1. The first-order chi connectivity index (χ1) is 3.15. The second-order valence-electron chi connectivity index (χ2n) is 0.477. The van der Waals surface area contributed by atoms with Gasteiger partial charge in [0.1, 0.15) is 0 Å². The molecule has 0 atom stereocenters. The maximum absolute atomic E-state index is 8.77. The van der Waals surface area contributed by atoms with E-state index >= 15 is 0 Å². The summed E-state index contributed by atoms with van der Waals surface area (Å²) in [7, 11) is 0. The van der Waals surface area contributed by atoms with Crippen LogP contribution in [0.2, 0.25) is 0 Å². The zero-order valence-corrected chi connectivity index (χ0v) is 4.44. The van der Waals surface area contributed by atoms with Crippen LogP contribution in [-0.4, -0.2) is 10.5 Å². The van der Waals surface area contributed by atoms with Crippen molar-refractivity contribution in [3.05, 3.63) is 0 Å². The highest BCUT2D eigenvalue weighted by Gasteiger charge is 1.71. The monoisotopic (exact) mass is 121 g/mol. The Kier molecular flexibility index (Phi) is 12.2. The number of hydrogen-bond donors (Lipinski definition) is 1. The second kappa shape index (κ2) is 8.98. The van der Waals surface area contributed by atoms with Crippen molar-refractivity contribution < 1.29 is 9.90 Å². The number of carbonyl (C=O) groups is 1. The molecule has 0 bridgehead atoms. The predicted octanol–water partition coefficient (Wildman–Crippen LogP) is 1.43. The lowest BCUT2D eigenvalue weighted by molar-refractivity contribution is 0.220. The summed E-state index contributed by atoms with van der Waals surface area (Å²) in [6.07, 6.45) is 0. The molecule has 0 aliphatic heterocycles. The van der Waals surface area contributed by atoms with Gasteiger partial charge in [0.2, 0.25) is 0 Å². The van der Waals surface area contributed by atoms with E-state index in [1.807, 2.05) is 0 Å². The molecule has 0 aromatic rings. The maximum Gasteiger partial charge on any atom is 0.401 e. The van der Waals surface area contributed by atoms with E-state index in [2.05, 4.69) is 11.6 Å². The molecule has 0 radical (unpaired) electrons. The number of nitriles is 1. The van der Waals surface area contributed by atoms with Crippen LogP contribution in [0.1, 0.15) is 6.92 Å². The Bertz CT molecular complexity index is 81.4. The van der Waals surface area contributed by atoms with E-state index < -0.39 is 5.43 Å². The van der Waals surface area contributed by atoms with Gasteiger partial charge < -0.3 is 5.11 Å². The van der Waals surface area contributed by atoms with E-state index in [4.69, 9.17) is 15.2 Å². The normalized spacial score (nSPS) is 4.71. The first-order valence-corrected chi connectivity index (χ1v) is 1.72. The zero-order chi connectivity index (χ0) is 6.28. The van der Waals surface area contributed by atoms with Crippen molar-refractivity contribution in [1.82, 2.24) is 0 Å². The predicted molar refractivity (Wildman–Crippen MR) is 25.2 cm³/mol. The molecule has 0 rings (SSSR count). The largest absolute Gasteiger partial charge is 0.469 e. The fourth-order valence-electron chi connectivity index (χ4n) is 0. The number of nitrogens with zero attached hydrogens (tertiary/aromatic N) is 1. The van der Waals surface area contributed by atoms with Crippen LogP contribution in [-0.2, 0) is 0 Å². The van der Waals surface area contributed by atoms with E-state index in [0.29, 0.717) is 0 Å². The fourth-order valence-corrected chi connectivity index (χ4v) is 0. The van der Waals surface area contributed by atoms with Gasteiger partial charge in [-0.15, -0.1) is 0 Å². The molecule has 0 aliphatic carbocycles. The van der Waals surface area contributed by atoms with Gasteiger partial charge in [0.25, 0.3) is 0 Å². The molecule has 0 fully saturated rings. The van der Waals surface area contributed by atoms with Crippen LogP contribution in [0.5, 0.6) is 0 Å². The van der Waals surface area contributed by atoms with Crippen LogP contribution >= 0.6 is 11.6 Å². The molecule has 0 spiro atoms. The minimum Gasteiger partial charge on any atom is -0.469 e. The molecule has 0 unspecified atom stereocenters. The Morgan fingerprint density at radius 1 is 2.00 bits per heavy atom. The van der Waals surface area contributed by atoms with Gasteiger partial charge >= 0.3 is 5.43 Å². The molecule has 0 saturated heterocycles. The van der Waals surface area contributed by atoms with Gasteiger partial charge in [0, 0.05) is 18.5 Å². The van der Waals surface area contributed by atoms with Crippen molar-refractivity contribution in [2.45, 2.75) is 6.92 Å². The summed E-state index contributed by atoms with van der Waals surface area (Å²) in [5.41, 5.74) is -1.36. The second-order valence-corrected chi connectivity index (χ2v) is 0.800. The summed E-state index contributed by atoms with van der Waals surface area (Å²) in [4.78, 5) is 8.77. The van der Waals surface area contributed by atoms with Gasteiger partial charge in [-0.2, -0.15) is 5.26 Å². The van der Waals surface area contributed by atoms with Crippen molar-refractivity contribution in [3.8, 4) is 6.07 Å². The number of carboxylic acid groups (broad SMARTS) is 1. The van der Waals surface area contributed by atoms with Crippen molar-refractivity contribution in [2.24, 2.45) is 0 Å². The highest BCUT2D eigenvalue weighted by molar-refractivity contribution is 6.60. The molecule has 40 valence electrons. The van der Waals surface area contributed by atoms with Crippen LogP contribution in [0.3, 0.4) is 0 Å². The standard InChI is InChI=1S/C2H3N.CHClO2/c1-2-3;2-1(3)4/h1H3;(H,3,4). The first-order valence-electron chi connectivity index (χ1n) is 1.34. The van der Waals surface area contributed by atoms with Crippen LogP contribution in [0.4, 0.5) is 4.79 Å². The first kappa shape index (κ1) is 9.54.